The first-order chi connectivity index (χ1) is 5.86. The molecule has 1 aliphatic rings. The van der Waals surface area contributed by atoms with E-state index in [4.69, 9.17) is 5.11 Å². The van der Waals surface area contributed by atoms with Crippen LogP contribution in [0.5, 0.6) is 0 Å². The molecular formula is C8H9N3O. The summed E-state index contributed by atoms with van der Waals surface area (Å²) in [4.78, 5) is 9.94. The molecule has 62 valence electrons. The highest BCUT2D eigenvalue weighted by molar-refractivity contribution is 5.37. The standard InChI is InChI=1S/C8H9N3O/c12-7-2-5-11(6-7)8-9-3-1-4-10-8/h1,3-4,6,12H,2,5H2. The number of hydrogen-bond acceptors (Lipinski definition) is 4. The zero-order chi connectivity index (χ0) is 8.39. The van der Waals surface area contributed by atoms with Gasteiger partial charge >= 0.3 is 0 Å². The van der Waals surface area contributed by atoms with E-state index in [0.717, 1.165) is 6.54 Å². The Morgan fingerprint density at radius 2 is 2.08 bits per heavy atom. The molecule has 0 saturated heterocycles. The van der Waals surface area contributed by atoms with E-state index in [-0.39, 0.29) is 0 Å². The summed E-state index contributed by atoms with van der Waals surface area (Å²) >= 11 is 0. The van der Waals surface area contributed by atoms with Gasteiger partial charge in [0.1, 0.15) is 5.76 Å². The molecule has 1 aliphatic heterocycles. The Morgan fingerprint density at radius 3 is 2.67 bits per heavy atom. The van der Waals surface area contributed by atoms with Crippen molar-refractivity contribution in [3.8, 4) is 0 Å². The molecule has 2 rings (SSSR count). The fraction of sp³-hybridized carbons (Fsp3) is 0.250. The van der Waals surface area contributed by atoms with Crippen LogP contribution in [-0.2, 0) is 0 Å². The molecule has 0 saturated carbocycles. The predicted molar refractivity (Wildman–Crippen MR) is 44.7 cm³/mol. The van der Waals surface area contributed by atoms with Gasteiger partial charge in [0.15, 0.2) is 0 Å². The third-order valence-electron chi connectivity index (χ3n) is 1.72. The summed E-state index contributed by atoms with van der Waals surface area (Å²) < 4.78 is 0. The summed E-state index contributed by atoms with van der Waals surface area (Å²) in [5.41, 5.74) is 0. The van der Waals surface area contributed by atoms with E-state index in [1.54, 1.807) is 24.7 Å². The summed E-state index contributed by atoms with van der Waals surface area (Å²) in [6.07, 6.45) is 5.71. The van der Waals surface area contributed by atoms with Crippen molar-refractivity contribution in [3.63, 3.8) is 0 Å². The van der Waals surface area contributed by atoms with Crippen LogP contribution in [0, 0.1) is 0 Å². The molecule has 0 spiro atoms. The topological polar surface area (TPSA) is 49.2 Å². The lowest BCUT2D eigenvalue weighted by atomic mass is 10.4. The second kappa shape index (κ2) is 2.81. The second-order valence-corrected chi connectivity index (χ2v) is 2.61. The fourth-order valence-electron chi connectivity index (χ4n) is 1.14. The van der Waals surface area contributed by atoms with Crippen molar-refractivity contribution >= 4 is 5.95 Å². The maximum absolute atomic E-state index is 9.12. The summed E-state index contributed by atoms with van der Waals surface area (Å²) in [6, 6.07) is 1.77. The van der Waals surface area contributed by atoms with Crippen molar-refractivity contribution in [2.75, 3.05) is 11.4 Å². The summed E-state index contributed by atoms with van der Waals surface area (Å²) in [6.45, 7) is 0.760. The van der Waals surface area contributed by atoms with Gasteiger partial charge < -0.3 is 10.0 Å². The Kier molecular flexibility index (Phi) is 1.66. The molecule has 0 amide bonds. The minimum atomic E-state index is 0.391. The first kappa shape index (κ1) is 7.09. The van der Waals surface area contributed by atoms with Crippen LogP contribution in [0.25, 0.3) is 0 Å². The fourth-order valence-corrected chi connectivity index (χ4v) is 1.14. The molecule has 0 unspecified atom stereocenters. The zero-order valence-electron chi connectivity index (χ0n) is 6.51. The first-order valence-electron chi connectivity index (χ1n) is 3.79. The molecule has 0 aromatic carbocycles. The highest BCUT2D eigenvalue weighted by Gasteiger charge is 2.13. The molecule has 0 radical (unpaired) electrons. The van der Waals surface area contributed by atoms with Crippen molar-refractivity contribution in [2.45, 2.75) is 6.42 Å². The van der Waals surface area contributed by atoms with Gasteiger partial charge in [0, 0.05) is 31.6 Å². The van der Waals surface area contributed by atoms with Crippen LogP contribution in [0.15, 0.2) is 30.4 Å². The zero-order valence-corrected chi connectivity index (χ0v) is 6.51. The Labute approximate surface area is 70.2 Å². The Morgan fingerprint density at radius 1 is 1.33 bits per heavy atom. The van der Waals surface area contributed by atoms with Gasteiger partial charge in [-0.15, -0.1) is 0 Å². The Bertz CT molecular complexity index is 296. The molecule has 0 fully saturated rings. The van der Waals surface area contributed by atoms with Gasteiger partial charge in [0.25, 0.3) is 0 Å². The molecule has 4 heteroatoms. The van der Waals surface area contributed by atoms with Crippen LogP contribution < -0.4 is 4.90 Å². The largest absolute Gasteiger partial charge is 0.511 e. The molecule has 0 bridgehead atoms. The summed E-state index contributed by atoms with van der Waals surface area (Å²) in [5.74, 6) is 1.03. The van der Waals surface area contributed by atoms with Crippen LogP contribution in [-0.4, -0.2) is 21.6 Å². The number of anilines is 1. The molecule has 2 heterocycles. The molecule has 0 atom stereocenters. The van der Waals surface area contributed by atoms with Gasteiger partial charge in [-0.1, -0.05) is 0 Å². The quantitative estimate of drug-likeness (QED) is 0.673. The van der Waals surface area contributed by atoms with Gasteiger partial charge in [0.05, 0.1) is 0 Å². The molecule has 4 nitrogen and oxygen atoms in total. The van der Waals surface area contributed by atoms with Gasteiger partial charge in [-0.2, -0.15) is 0 Å². The number of hydrogen-bond donors (Lipinski definition) is 1. The summed E-state index contributed by atoms with van der Waals surface area (Å²) in [7, 11) is 0. The summed E-state index contributed by atoms with van der Waals surface area (Å²) in [5, 5.41) is 9.12. The predicted octanol–water partition coefficient (Wildman–Crippen LogP) is 1.09. The number of aliphatic hydroxyl groups excluding tert-OH is 1. The Hall–Kier alpha value is -1.58. The molecule has 0 aliphatic carbocycles. The number of aliphatic hydroxyl groups is 1. The van der Waals surface area contributed by atoms with Crippen molar-refractivity contribution < 1.29 is 5.11 Å². The van der Waals surface area contributed by atoms with Gasteiger partial charge in [-0.3, -0.25) is 0 Å². The van der Waals surface area contributed by atoms with Gasteiger partial charge in [-0.25, -0.2) is 9.97 Å². The number of aromatic nitrogens is 2. The van der Waals surface area contributed by atoms with Crippen LogP contribution in [0.1, 0.15) is 6.42 Å². The van der Waals surface area contributed by atoms with Crippen LogP contribution in [0.4, 0.5) is 5.95 Å². The van der Waals surface area contributed by atoms with Crippen molar-refractivity contribution in [1.82, 2.24) is 9.97 Å². The van der Waals surface area contributed by atoms with Crippen molar-refractivity contribution in [1.29, 1.82) is 0 Å². The van der Waals surface area contributed by atoms with Crippen LogP contribution in [0.2, 0.25) is 0 Å². The normalized spacial score (nSPS) is 16.3. The van der Waals surface area contributed by atoms with E-state index < -0.39 is 0 Å². The maximum atomic E-state index is 9.12. The number of nitrogens with zero attached hydrogens (tertiary/aromatic N) is 3. The molecular weight excluding hydrogens is 154 g/mol. The Balaban J connectivity index is 2.22. The van der Waals surface area contributed by atoms with E-state index in [1.165, 1.54) is 0 Å². The lowest BCUT2D eigenvalue weighted by molar-refractivity contribution is 0.400. The minimum Gasteiger partial charge on any atom is -0.511 e. The average molecular weight is 163 g/mol. The van der Waals surface area contributed by atoms with Crippen LogP contribution in [0.3, 0.4) is 0 Å². The third kappa shape index (κ3) is 1.23. The van der Waals surface area contributed by atoms with Gasteiger partial charge in [0.2, 0.25) is 5.95 Å². The molecule has 1 aromatic heterocycles. The highest BCUT2D eigenvalue weighted by Crippen LogP contribution is 2.15. The van der Waals surface area contributed by atoms with E-state index in [1.807, 2.05) is 4.90 Å². The average Bonchev–Trinajstić information content (AvgIpc) is 2.54. The molecule has 12 heavy (non-hydrogen) atoms. The highest BCUT2D eigenvalue weighted by atomic mass is 16.3. The maximum Gasteiger partial charge on any atom is 0.229 e. The lowest BCUT2D eigenvalue weighted by Gasteiger charge is -2.10. The van der Waals surface area contributed by atoms with E-state index >= 15 is 0 Å². The molecule has 1 N–H and O–H groups in total. The molecule has 1 aromatic rings. The van der Waals surface area contributed by atoms with Crippen molar-refractivity contribution in [2.24, 2.45) is 0 Å². The second-order valence-electron chi connectivity index (χ2n) is 2.61. The van der Waals surface area contributed by atoms with Crippen molar-refractivity contribution in [3.05, 3.63) is 30.4 Å². The smallest absolute Gasteiger partial charge is 0.229 e. The lowest BCUT2D eigenvalue weighted by Crippen LogP contribution is -2.14. The SMILES string of the molecule is OC1=CN(c2ncccn2)CC1. The van der Waals surface area contributed by atoms with Gasteiger partial charge in [-0.05, 0) is 6.07 Å². The van der Waals surface area contributed by atoms with E-state index in [2.05, 4.69) is 9.97 Å². The van der Waals surface area contributed by atoms with E-state index in [9.17, 15) is 0 Å². The number of rotatable bonds is 1. The van der Waals surface area contributed by atoms with Crippen LogP contribution >= 0.6 is 0 Å². The van der Waals surface area contributed by atoms with E-state index in [0.29, 0.717) is 18.1 Å². The minimum absolute atomic E-state index is 0.391. The monoisotopic (exact) mass is 163 g/mol. The first-order valence-corrected chi connectivity index (χ1v) is 3.79. The third-order valence-corrected chi connectivity index (χ3v) is 1.72.